The van der Waals surface area contributed by atoms with Crippen molar-refractivity contribution in [2.24, 2.45) is 0 Å². The van der Waals surface area contributed by atoms with Gasteiger partial charge in [0, 0.05) is 31.7 Å². The molecule has 0 bridgehead atoms. The number of rotatable bonds is 4. The van der Waals surface area contributed by atoms with Crippen LogP contribution in [0.5, 0.6) is 0 Å². The van der Waals surface area contributed by atoms with E-state index in [0.717, 1.165) is 45.0 Å². The molecular weight excluding hydrogens is 466 g/mol. The maximum absolute atomic E-state index is 8.12. The molecule has 4 heteroatoms. The fourth-order valence-corrected chi connectivity index (χ4v) is 5.12. The quantitative estimate of drug-likeness (QED) is 0.243. The largest absolute Gasteiger partial charge is 0.437 e. The zero-order chi connectivity index (χ0) is 29.1. The number of aryl methyl sites for hydroxylation is 4. The lowest BCUT2D eigenvalue weighted by molar-refractivity contribution is 0.595. The highest BCUT2D eigenvalue weighted by molar-refractivity contribution is 6.09. The lowest BCUT2D eigenvalue weighted by Crippen LogP contribution is -2.23. The van der Waals surface area contributed by atoms with Gasteiger partial charge in [0.2, 0.25) is 5.71 Å². The maximum atomic E-state index is 8.12. The van der Waals surface area contributed by atoms with Crippen molar-refractivity contribution in [3.63, 3.8) is 0 Å². The number of aromatic nitrogens is 3. The zero-order valence-corrected chi connectivity index (χ0v) is 22.3. The van der Waals surface area contributed by atoms with E-state index in [1.54, 1.807) is 13.0 Å². The summed E-state index contributed by atoms with van der Waals surface area (Å²) in [6, 6.07) is 26.0. The Bertz CT molecular complexity index is 1940. The molecule has 0 saturated heterocycles. The molecule has 0 spiro atoms. The molecule has 0 unspecified atom stereocenters. The Morgan fingerprint density at radius 2 is 1.42 bits per heavy atom. The zero-order valence-electron chi connectivity index (χ0n) is 25.3. The van der Waals surface area contributed by atoms with Crippen LogP contribution in [0.1, 0.15) is 51.7 Å². The van der Waals surface area contributed by atoms with Crippen LogP contribution in [0.15, 0.2) is 83.3 Å². The van der Waals surface area contributed by atoms with E-state index in [1.807, 2.05) is 42.5 Å². The normalized spacial score (nSPS) is 13.4. The van der Waals surface area contributed by atoms with Crippen LogP contribution in [0, 0.1) is 27.6 Å². The predicted molar refractivity (Wildman–Crippen MR) is 155 cm³/mol. The van der Waals surface area contributed by atoms with Crippen LogP contribution in [-0.4, -0.2) is 15.0 Å². The predicted octanol–water partition coefficient (Wildman–Crippen LogP) is 8.66. The number of furan rings is 1. The van der Waals surface area contributed by atoms with Gasteiger partial charge >= 0.3 is 0 Å². The van der Waals surface area contributed by atoms with E-state index in [2.05, 4.69) is 63.0 Å². The number of benzene rings is 2. The molecule has 0 aliphatic heterocycles. The van der Waals surface area contributed by atoms with E-state index in [0.29, 0.717) is 27.8 Å². The first-order valence-electron chi connectivity index (χ1n) is 14.3. The smallest absolute Gasteiger partial charge is 0.227 e. The molecule has 4 aromatic heterocycles. The summed E-state index contributed by atoms with van der Waals surface area (Å²) in [5, 5.41) is 1.24. The molecule has 0 fully saturated rings. The molecule has 2 aromatic carbocycles. The highest BCUT2D eigenvalue weighted by Crippen LogP contribution is 2.38. The first kappa shape index (κ1) is 20.7. The summed E-state index contributed by atoms with van der Waals surface area (Å²) in [7, 11) is 0. The third-order valence-electron chi connectivity index (χ3n) is 7.16. The minimum absolute atomic E-state index is 0.245. The van der Waals surface area contributed by atoms with Gasteiger partial charge in [-0.1, -0.05) is 42.5 Å². The monoisotopic (exact) mass is 500 g/mol. The molecule has 0 amide bonds. The highest BCUT2D eigenvalue weighted by Gasteiger charge is 2.28. The van der Waals surface area contributed by atoms with E-state index in [1.165, 1.54) is 0 Å². The number of hydrogen-bond donors (Lipinski definition) is 0. The average molecular weight is 501 g/mol. The van der Waals surface area contributed by atoms with Gasteiger partial charge < -0.3 is 4.42 Å². The van der Waals surface area contributed by atoms with Crippen LogP contribution in [0.3, 0.4) is 0 Å². The Hall–Kier alpha value is -4.31. The Balaban J connectivity index is 1.52. The van der Waals surface area contributed by atoms with Crippen LogP contribution in [-0.2, 0) is 5.41 Å². The standard InChI is InChI=1S/C34H31N3O/c1-20-15-27(24-11-8-7-9-12-24)36-29(17-20)34(5,6)30-18-21(2)16-28(37-30)25-13-10-14-26-31-22(3)19-23(4)35-33(31)38-32(25)26/h7-19H,1-6H3/i3D3. The van der Waals surface area contributed by atoms with Crippen LogP contribution in [0.2, 0.25) is 0 Å². The number of hydrogen-bond acceptors (Lipinski definition) is 4. The summed E-state index contributed by atoms with van der Waals surface area (Å²) in [4.78, 5) is 14.8. The summed E-state index contributed by atoms with van der Waals surface area (Å²) < 4.78 is 30.6. The van der Waals surface area contributed by atoms with Gasteiger partial charge in [-0.2, -0.15) is 0 Å². The molecule has 0 atom stereocenters. The number of para-hydroxylation sites is 1. The molecule has 38 heavy (non-hydrogen) atoms. The summed E-state index contributed by atoms with van der Waals surface area (Å²) in [6.07, 6.45) is 0. The minimum atomic E-state index is -2.29. The highest BCUT2D eigenvalue weighted by atomic mass is 16.3. The molecule has 6 aromatic rings. The number of fused-ring (bicyclic) bond motifs is 3. The van der Waals surface area contributed by atoms with Crippen molar-refractivity contribution in [1.29, 1.82) is 0 Å². The third kappa shape index (κ3) is 4.06. The lowest BCUT2D eigenvalue weighted by atomic mass is 9.83. The van der Waals surface area contributed by atoms with Crippen molar-refractivity contribution in [2.75, 3.05) is 0 Å². The summed E-state index contributed by atoms with van der Waals surface area (Å²) >= 11 is 0. The second kappa shape index (κ2) is 8.91. The van der Waals surface area contributed by atoms with Gasteiger partial charge in [0.15, 0.2) is 0 Å². The van der Waals surface area contributed by atoms with Crippen molar-refractivity contribution in [3.8, 4) is 22.5 Å². The van der Waals surface area contributed by atoms with Crippen molar-refractivity contribution < 1.29 is 8.53 Å². The van der Waals surface area contributed by atoms with Gasteiger partial charge in [0.25, 0.3) is 0 Å². The first-order chi connectivity index (χ1) is 19.4. The van der Waals surface area contributed by atoms with Gasteiger partial charge in [-0.05, 0) is 94.6 Å². The topological polar surface area (TPSA) is 51.8 Å². The van der Waals surface area contributed by atoms with Crippen molar-refractivity contribution in [2.45, 2.75) is 46.9 Å². The second-order valence-electron chi connectivity index (χ2n) is 10.6. The van der Waals surface area contributed by atoms with Crippen LogP contribution in [0.25, 0.3) is 44.6 Å². The van der Waals surface area contributed by atoms with Gasteiger partial charge in [0.1, 0.15) is 5.58 Å². The van der Waals surface area contributed by atoms with Crippen molar-refractivity contribution in [1.82, 2.24) is 15.0 Å². The SMILES string of the molecule is [2H]C([2H])([2H])c1cc(C)nc2oc3c(-c4cc(C)cc(C(C)(C)c5cc(C)cc(-c6ccccc6)n5)n4)cccc3c12. The molecule has 0 saturated carbocycles. The molecular formula is C34H31N3O. The van der Waals surface area contributed by atoms with Crippen LogP contribution >= 0.6 is 0 Å². The fourth-order valence-electron chi connectivity index (χ4n) is 5.12. The minimum Gasteiger partial charge on any atom is -0.437 e. The Kier molecular flexibility index (Phi) is 4.86. The average Bonchev–Trinajstić information content (AvgIpc) is 3.30. The third-order valence-corrected chi connectivity index (χ3v) is 7.16. The van der Waals surface area contributed by atoms with E-state index in [4.69, 9.17) is 18.5 Å². The van der Waals surface area contributed by atoms with Gasteiger partial charge in [0.05, 0.1) is 28.2 Å². The van der Waals surface area contributed by atoms with Crippen LogP contribution in [0.4, 0.5) is 0 Å². The Morgan fingerprint density at radius 1 is 0.737 bits per heavy atom. The van der Waals surface area contributed by atoms with Gasteiger partial charge in [-0.15, -0.1) is 0 Å². The molecule has 188 valence electrons. The Labute approximate surface area is 227 Å². The first-order valence-corrected chi connectivity index (χ1v) is 12.8. The van der Waals surface area contributed by atoms with Crippen LogP contribution < -0.4 is 0 Å². The summed E-state index contributed by atoms with van der Waals surface area (Å²) in [5.41, 5.74) is 8.80. The molecule has 4 nitrogen and oxygen atoms in total. The molecule has 0 radical (unpaired) electrons. The summed E-state index contributed by atoms with van der Waals surface area (Å²) in [6.45, 7) is 7.92. The van der Waals surface area contributed by atoms with Crippen molar-refractivity contribution >= 4 is 22.1 Å². The second-order valence-corrected chi connectivity index (χ2v) is 10.6. The van der Waals surface area contributed by atoms with Crippen molar-refractivity contribution in [3.05, 3.63) is 113 Å². The molecule has 0 aliphatic carbocycles. The Morgan fingerprint density at radius 3 is 2.13 bits per heavy atom. The maximum Gasteiger partial charge on any atom is 0.227 e. The molecule has 0 aliphatic rings. The fraction of sp³-hybridized carbons (Fsp3) is 0.206. The van der Waals surface area contributed by atoms with E-state index >= 15 is 0 Å². The number of nitrogens with zero attached hydrogens (tertiary/aromatic N) is 3. The molecule has 0 N–H and O–H groups in total. The van der Waals surface area contributed by atoms with E-state index < -0.39 is 12.3 Å². The number of pyridine rings is 3. The molecule has 4 heterocycles. The van der Waals surface area contributed by atoms with Gasteiger partial charge in [-0.25, -0.2) is 4.98 Å². The summed E-state index contributed by atoms with van der Waals surface area (Å²) in [5.74, 6) is 0. The molecule has 6 rings (SSSR count). The van der Waals surface area contributed by atoms with E-state index in [-0.39, 0.29) is 5.56 Å². The lowest BCUT2D eigenvalue weighted by Gasteiger charge is -2.26. The van der Waals surface area contributed by atoms with E-state index in [9.17, 15) is 0 Å². The van der Waals surface area contributed by atoms with Gasteiger partial charge in [-0.3, -0.25) is 9.97 Å².